The van der Waals surface area contributed by atoms with Gasteiger partial charge in [0, 0.05) is 6.04 Å². The third-order valence-corrected chi connectivity index (χ3v) is 3.44. The Labute approximate surface area is 115 Å². The molecule has 0 aromatic heterocycles. The number of nitrogens with zero attached hydrogens (tertiary/aromatic N) is 1. The predicted octanol–water partition coefficient (Wildman–Crippen LogP) is 1.66. The summed E-state index contributed by atoms with van der Waals surface area (Å²) in [6.07, 6.45) is 5.76. The van der Waals surface area contributed by atoms with Crippen molar-refractivity contribution in [3.8, 4) is 12.3 Å². The standard InChI is InChI=1S/C14H19NO3S/c1-5-11-15(3)12(2)14(18-19(4,16)17)13-9-7-6-8-10-13/h1,6-10,12,14H,11H2,2-4H3/t12-,14-/m1/s1. The van der Waals surface area contributed by atoms with Crippen LogP contribution in [-0.2, 0) is 14.3 Å². The van der Waals surface area contributed by atoms with Gasteiger partial charge in [-0.2, -0.15) is 8.42 Å². The van der Waals surface area contributed by atoms with Gasteiger partial charge in [0.2, 0.25) is 0 Å². The van der Waals surface area contributed by atoms with Gasteiger partial charge >= 0.3 is 0 Å². The minimum absolute atomic E-state index is 0.159. The van der Waals surface area contributed by atoms with E-state index in [1.165, 1.54) is 0 Å². The second-order valence-electron chi connectivity index (χ2n) is 4.49. The molecule has 1 aromatic rings. The van der Waals surface area contributed by atoms with Crippen LogP contribution < -0.4 is 0 Å². The van der Waals surface area contributed by atoms with Crippen molar-refractivity contribution in [2.75, 3.05) is 19.8 Å². The molecule has 2 atom stereocenters. The minimum Gasteiger partial charge on any atom is -0.290 e. The van der Waals surface area contributed by atoms with Crippen LogP contribution in [0.5, 0.6) is 0 Å². The van der Waals surface area contributed by atoms with Crippen molar-refractivity contribution in [3.63, 3.8) is 0 Å². The lowest BCUT2D eigenvalue weighted by atomic mass is 10.0. The van der Waals surface area contributed by atoms with E-state index in [0.717, 1.165) is 11.8 Å². The van der Waals surface area contributed by atoms with Crippen LogP contribution in [-0.4, -0.2) is 39.2 Å². The first-order valence-electron chi connectivity index (χ1n) is 5.92. The molecule has 0 unspecified atom stereocenters. The van der Waals surface area contributed by atoms with E-state index in [-0.39, 0.29) is 6.04 Å². The predicted molar refractivity (Wildman–Crippen MR) is 76.0 cm³/mol. The summed E-state index contributed by atoms with van der Waals surface area (Å²) >= 11 is 0. The first-order chi connectivity index (χ1) is 8.85. The lowest BCUT2D eigenvalue weighted by Gasteiger charge is -2.30. The lowest BCUT2D eigenvalue weighted by molar-refractivity contribution is 0.107. The Morgan fingerprint density at radius 1 is 1.37 bits per heavy atom. The highest BCUT2D eigenvalue weighted by Gasteiger charge is 2.26. The van der Waals surface area contributed by atoms with E-state index in [2.05, 4.69) is 5.92 Å². The zero-order chi connectivity index (χ0) is 14.5. The second kappa shape index (κ2) is 6.71. The van der Waals surface area contributed by atoms with Gasteiger partial charge in [-0.25, -0.2) is 0 Å². The zero-order valence-electron chi connectivity index (χ0n) is 11.4. The van der Waals surface area contributed by atoms with Crippen molar-refractivity contribution < 1.29 is 12.6 Å². The molecule has 104 valence electrons. The van der Waals surface area contributed by atoms with E-state index in [9.17, 15) is 8.42 Å². The maximum Gasteiger partial charge on any atom is 0.265 e. The molecule has 0 amide bonds. The summed E-state index contributed by atoms with van der Waals surface area (Å²) in [6, 6.07) is 9.10. The van der Waals surface area contributed by atoms with Gasteiger partial charge in [-0.05, 0) is 19.5 Å². The molecule has 0 bridgehead atoms. The van der Waals surface area contributed by atoms with Gasteiger partial charge < -0.3 is 0 Å². The molecule has 0 heterocycles. The summed E-state index contributed by atoms with van der Waals surface area (Å²) in [5.41, 5.74) is 0.810. The van der Waals surface area contributed by atoms with E-state index >= 15 is 0 Å². The maximum atomic E-state index is 11.4. The number of rotatable bonds is 6. The van der Waals surface area contributed by atoms with Crippen molar-refractivity contribution in [3.05, 3.63) is 35.9 Å². The van der Waals surface area contributed by atoms with Crippen LogP contribution in [0.25, 0.3) is 0 Å². The second-order valence-corrected chi connectivity index (χ2v) is 6.09. The molecular weight excluding hydrogens is 262 g/mol. The Hall–Kier alpha value is -1.35. The fourth-order valence-electron chi connectivity index (χ4n) is 1.76. The smallest absolute Gasteiger partial charge is 0.265 e. The number of terminal acetylenes is 1. The van der Waals surface area contributed by atoms with Gasteiger partial charge in [-0.15, -0.1) is 6.42 Å². The molecule has 0 N–H and O–H groups in total. The van der Waals surface area contributed by atoms with Crippen LogP contribution >= 0.6 is 0 Å². The summed E-state index contributed by atoms with van der Waals surface area (Å²) in [4.78, 5) is 1.88. The zero-order valence-corrected chi connectivity index (χ0v) is 12.2. The van der Waals surface area contributed by atoms with E-state index < -0.39 is 16.2 Å². The van der Waals surface area contributed by atoms with Gasteiger partial charge in [0.25, 0.3) is 10.1 Å². The molecule has 19 heavy (non-hydrogen) atoms. The number of benzene rings is 1. The largest absolute Gasteiger partial charge is 0.290 e. The average molecular weight is 281 g/mol. The Kier molecular flexibility index (Phi) is 5.55. The van der Waals surface area contributed by atoms with Crippen LogP contribution in [0.15, 0.2) is 30.3 Å². The highest BCUT2D eigenvalue weighted by molar-refractivity contribution is 7.86. The van der Waals surface area contributed by atoms with Crippen molar-refractivity contribution in [2.45, 2.75) is 19.1 Å². The van der Waals surface area contributed by atoms with Crippen LogP contribution in [0.2, 0.25) is 0 Å². The highest BCUT2D eigenvalue weighted by Crippen LogP contribution is 2.25. The normalized spacial score (nSPS) is 14.9. The Bertz CT molecular complexity index is 534. The van der Waals surface area contributed by atoms with Crippen LogP contribution in [0.3, 0.4) is 0 Å². The summed E-state index contributed by atoms with van der Waals surface area (Å²) in [6.45, 7) is 2.32. The third kappa shape index (κ3) is 5.03. The molecule has 0 aliphatic carbocycles. The first-order valence-corrected chi connectivity index (χ1v) is 7.73. The molecule has 5 heteroatoms. The number of hydrogen-bond donors (Lipinski definition) is 0. The van der Waals surface area contributed by atoms with Crippen molar-refractivity contribution in [1.82, 2.24) is 4.90 Å². The SMILES string of the molecule is C#CCN(C)[C@H](C)[C@@H](OS(C)(=O)=O)c1ccccc1. The van der Waals surface area contributed by atoms with Crippen LogP contribution in [0.1, 0.15) is 18.6 Å². The Morgan fingerprint density at radius 2 is 1.95 bits per heavy atom. The molecule has 1 aromatic carbocycles. The van der Waals surface area contributed by atoms with Crippen molar-refractivity contribution in [2.24, 2.45) is 0 Å². The van der Waals surface area contributed by atoms with Crippen molar-refractivity contribution >= 4 is 10.1 Å². The number of likely N-dealkylation sites (N-methyl/N-ethyl adjacent to an activating group) is 1. The molecule has 4 nitrogen and oxygen atoms in total. The summed E-state index contributed by atoms with van der Waals surface area (Å²) < 4.78 is 28.1. The topological polar surface area (TPSA) is 46.6 Å². The van der Waals surface area contributed by atoms with Gasteiger partial charge in [0.15, 0.2) is 0 Å². The molecule has 0 spiro atoms. The highest BCUT2D eigenvalue weighted by atomic mass is 32.2. The van der Waals surface area contributed by atoms with Gasteiger partial charge in [-0.3, -0.25) is 9.08 Å². The maximum absolute atomic E-state index is 11.4. The fraction of sp³-hybridized carbons (Fsp3) is 0.429. The number of hydrogen-bond acceptors (Lipinski definition) is 4. The molecule has 0 saturated heterocycles. The molecule has 0 radical (unpaired) electrons. The van der Waals surface area contributed by atoms with Gasteiger partial charge in [0.05, 0.1) is 12.8 Å². The molecular formula is C14H19NO3S. The van der Waals surface area contributed by atoms with Crippen LogP contribution in [0, 0.1) is 12.3 Å². The molecule has 0 aliphatic rings. The minimum atomic E-state index is -3.54. The lowest BCUT2D eigenvalue weighted by Crippen LogP contribution is -2.36. The van der Waals surface area contributed by atoms with Gasteiger partial charge in [-0.1, -0.05) is 36.3 Å². The fourth-order valence-corrected chi connectivity index (χ4v) is 2.41. The molecule has 0 fully saturated rings. The third-order valence-electron chi connectivity index (χ3n) is 2.88. The monoisotopic (exact) mass is 281 g/mol. The average Bonchev–Trinajstić information content (AvgIpc) is 2.35. The van der Waals surface area contributed by atoms with E-state index in [1.807, 2.05) is 49.2 Å². The quantitative estimate of drug-likeness (QED) is 0.587. The Morgan fingerprint density at radius 3 is 2.42 bits per heavy atom. The summed E-state index contributed by atoms with van der Waals surface area (Å²) in [7, 11) is -1.70. The first kappa shape index (κ1) is 15.7. The van der Waals surface area contributed by atoms with E-state index in [4.69, 9.17) is 10.6 Å². The van der Waals surface area contributed by atoms with E-state index in [1.54, 1.807) is 0 Å². The van der Waals surface area contributed by atoms with Crippen LogP contribution in [0.4, 0.5) is 0 Å². The molecule has 0 saturated carbocycles. The van der Waals surface area contributed by atoms with E-state index in [0.29, 0.717) is 6.54 Å². The van der Waals surface area contributed by atoms with Gasteiger partial charge in [0.1, 0.15) is 6.10 Å². The molecule has 1 rings (SSSR count). The summed E-state index contributed by atoms with van der Waals surface area (Å²) in [5.74, 6) is 2.54. The Balaban J connectivity index is 3.03. The van der Waals surface area contributed by atoms with Crippen molar-refractivity contribution in [1.29, 1.82) is 0 Å². The summed E-state index contributed by atoms with van der Waals surface area (Å²) in [5, 5.41) is 0. The molecule has 0 aliphatic heterocycles.